The lowest BCUT2D eigenvalue weighted by Crippen LogP contribution is -2.31. The summed E-state index contributed by atoms with van der Waals surface area (Å²) < 4.78 is 1.64. The van der Waals surface area contributed by atoms with E-state index in [1.54, 1.807) is 22.9 Å². The van der Waals surface area contributed by atoms with Crippen molar-refractivity contribution in [2.24, 2.45) is 0 Å². The van der Waals surface area contributed by atoms with Gasteiger partial charge < -0.3 is 15.0 Å². The van der Waals surface area contributed by atoms with Crippen molar-refractivity contribution in [2.75, 3.05) is 13.1 Å². The van der Waals surface area contributed by atoms with E-state index < -0.39 is 0 Å². The molecule has 0 aliphatic heterocycles. The molecule has 0 aromatic carbocycles. The van der Waals surface area contributed by atoms with E-state index in [0.717, 1.165) is 6.42 Å². The average Bonchev–Trinajstić information content (AvgIpc) is 2.26. The Morgan fingerprint density at radius 1 is 1.53 bits per heavy atom. The zero-order valence-electron chi connectivity index (χ0n) is 9.02. The molecule has 2 N–H and O–H groups in total. The molecule has 1 aromatic rings. The normalized spacial score (nSPS) is 12.7. The fraction of sp³-hybridized carbons (Fsp3) is 0.545. The van der Waals surface area contributed by atoms with E-state index in [4.69, 9.17) is 0 Å². The third-order valence-corrected chi connectivity index (χ3v) is 2.28. The lowest BCUT2D eigenvalue weighted by molar-refractivity contribution is 0.167. The SMILES string of the molecule is CCC(O)CNCCn1ccccc1=O. The molecule has 0 bridgehead atoms. The lowest BCUT2D eigenvalue weighted by atomic mass is 10.3. The Morgan fingerprint density at radius 2 is 2.33 bits per heavy atom. The van der Waals surface area contributed by atoms with Gasteiger partial charge in [0.1, 0.15) is 0 Å². The summed E-state index contributed by atoms with van der Waals surface area (Å²) in [4.78, 5) is 11.3. The summed E-state index contributed by atoms with van der Waals surface area (Å²) in [6.45, 7) is 3.85. The number of aliphatic hydroxyl groups excluding tert-OH is 1. The maximum absolute atomic E-state index is 11.3. The summed E-state index contributed by atoms with van der Waals surface area (Å²) in [7, 11) is 0. The molecule has 1 aromatic heterocycles. The summed E-state index contributed by atoms with van der Waals surface area (Å²) in [5, 5.41) is 12.4. The number of hydrogen-bond donors (Lipinski definition) is 2. The van der Waals surface area contributed by atoms with Crippen LogP contribution in [0.1, 0.15) is 13.3 Å². The van der Waals surface area contributed by atoms with Gasteiger partial charge in [0.15, 0.2) is 0 Å². The van der Waals surface area contributed by atoms with Gasteiger partial charge >= 0.3 is 0 Å². The van der Waals surface area contributed by atoms with Gasteiger partial charge in [-0.1, -0.05) is 13.0 Å². The second-order valence-corrected chi connectivity index (χ2v) is 3.50. The molecule has 1 unspecified atom stereocenters. The minimum absolute atomic E-state index is 0.00957. The van der Waals surface area contributed by atoms with Crippen LogP contribution in [0.5, 0.6) is 0 Å². The molecule has 1 heterocycles. The van der Waals surface area contributed by atoms with E-state index in [1.165, 1.54) is 0 Å². The van der Waals surface area contributed by atoms with Crippen LogP contribution in [0, 0.1) is 0 Å². The van der Waals surface area contributed by atoms with Gasteiger partial charge in [-0.25, -0.2) is 0 Å². The zero-order chi connectivity index (χ0) is 11.1. The summed E-state index contributed by atoms with van der Waals surface area (Å²) >= 11 is 0. The topological polar surface area (TPSA) is 54.3 Å². The van der Waals surface area contributed by atoms with Crippen molar-refractivity contribution < 1.29 is 5.11 Å². The monoisotopic (exact) mass is 210 g/mol. The van der Waals surface area contributed by atoms with Crippen LogP contribution in [0.3, 0.4) is 0 Å². The highest BCUT2D eigenvalue weighted by atomic mass is 16.3. The average molecular weight is 210 g/mol. The Balaban J connectivity index is 2.26. The first-order valence-corrected chi connectivity index (χ1v) is 5.28. The molecular weight excluding hydrogens is 192 g/mol. The van der Waals surface area contributed by atoms with E-state index in [2.05, 4.69) is 5.32 Å². The Labute approximate surface area is 89.6 Å². The first-order valence-electron chi connectivity index (χ1n) is 5.28. The molecule has 0 saturated heterocycles. The Morgan fingerprint density at radius 3 is 3.00 bits per heavy atom. The molecule has 1 rings (SSSR count). The Hall–Kier alpha value is -1.13. The highest BCUT2D eigenvalue weighted by molar-refractivity contribution is 4.93. The standard InChI is InChI=1S/C11H18N2O2/c1-2-10(14)9-12-6-8-13-7-4-3-5-11(13)15/h3-5,7,10,12,14H,2,6,8-9H2,1H3. The fourth-order valence-corrected chi connectivity index (χ4v) is 1.26. The number of nitrogens with zero attached hydrogens (tertiary/aromatic N) is 1. The largest absolute Gasteiger partial charge is 0.392 e. The first kappa shape index (κ1) is 11.9. The summed E-state index contributed by atoms with van der Waals surface area (Å²) in [5.41, 5.74) is 0.00957. The number of aliphatic hydroxyl groups is 1. The van der Waals surface area contributed by atoms with Crippen LogP contribution in [0.2, 0.25) is 0 Å². The Kier molecular flexibility index (Phi) is 5.07. The lowest BCUT2D eigenvalue weighted by Gasteiger charge is -2.10. The number of nitrogens with one attached hydrogen (secondary N) is 1. The van der Waals surface area contributed by atoms with Crippen LogP contribution in [0.15, 0.2) is 29.2 Å². The van der Waals surface area contributed by atoms with Gasteiger partial charge in [0.05, 0.1) is 6.10 Å². The second kappa shape index (κ2) is 6.37. The van der Waals surface area contributed by atoms with Gasteiger partial charge in [0.2, 0.25) is 0 Å². The molecule has 0 amide bonds. The van der Waals surface area contributed by atoms with Crippen molar-refractivity contribution in [3.8, 4) is 0 Å². The fourth-order valence-electron chi connectivity index (χ4n) is 1.26. The summed E-state index contributed by atoms with van der Waals surface area (Å²) in [6.07, 6.45) is 2.22. The van der Waals surface area contributed by atoms with E-state index in [1.807, 2.05) is 13.0 Å². The molecule has 4 heteroatoms. The molecule has 0 saturated carbocycles. The van der Waals surface area contributed by atoms with Crippen LogP contribution in [0.25, 0.3) is 0 Å². The number of hydrogen-bond acceptors (Lipinski definition) is 3. The zero-order valence-corrected chi connectivity index (χ0v) is 9.02. The molecule has 1 atom stereocenters. The van der Waals surface area contributed by atoms with Crippen molar-refractivity contribution in [3.05, 3.63) is 34.7 Å². The van der Waals surface area contributed by atoms with Crippen molar-refractivity contribution in [1.82, 2.24) is 9.88 Å². The molecule has 15 heavy (non-hydrogen) atoms. The van der Waals surface area contributed by atoms with E-state index in [-0.39, 0.29) is 11.7 Å². The molecule has 0 radical (unpaired) electrons. The minimum Gasteiger partial charge on any atom is -0.392 e. The number of aromatic nitrogens is 1. The van der Waals surface area contributed by atoms with E-state index in [0.29, 0.717) is 19.6 Å². The molecule has 0 fully saturated rings. The van der Waals surface area contributed by atoms with Crippen molar-refractivity contribution in [3.63, 3.8) is 0 Å². The highest BCUT2D eigenvalue weighted by Gasteiger charge is 1.99. The predicted molar refractivity (Wildman–Crippen MR) is 59.9 cm³/mol. The van der Waals surface area contributed by atoms with Gasteiger partial charge in [-0.05, 0) is 12.5 Å². The van der Waals surface area contributed by atoms with Gasteiger partial charge in [-0.2, -0.15) is 0 Å². The molecule has 0 aliphatic carbocycles. The van der Waals surface area contributed by atoms with Crippen LogP contribution in [-0.4, -0.2) is 28.9 Å². The maximum Gasteiger partial charge on any atom is 0.250 e. The summed E-state index contributed by atoms with van der Waals surface area (Å²) in [6, 6.07) is 5.11. The third kappa shape index (κ3) is 4.27. The minimum atomic E-state index is -0.294. The van der Waals surface area contributed by atoms with Gasteiger partial charge in [0, 0.05) is 31.9 Å². The smallest absolute Gasteiger partial charge is 0.250 e. The van der Waals surface area contributed by atoms with Crippen LogP contribution in [-0.2, 0) is 6.54 Å². The van der Waals surface area contributed by atoms with Crippen molar-refractivity contribution >= 4 is 0 Å². The summed E-state index contributed by atoms with van der Waals surface area (Å²) in [5.74, 6) is 0. The number of rotatable bonds is 6. The molecule has 0 aliphatic rings. The molecule has 0 spiro atoms. The van der Waals surface area contributed by atoms with Crippen LogP contribution >= 0.6 is 0 Å². The quantitative estimate of drug-likeness (QED) is 0.660. The molecular formula is C11H18N2O2. The third-order valence-electron chi connectivity index (χ3n) is 2.28. The second-order valence-electron chi connectivity index (χ2n) is 3.50. The highest BCUT2D eigenvalue weighted by Crippen LogP contribution is 1.86. The molecule has 4 nitrogen and oxygen atoms in total. The maximum atomic E-state index is 11.3. The van der Waals surface area contributed by atoms with E-state index >= 15 is 0 Å². The van der Waals surface area contributed by atoms with Crippen LogP contribution in [0.4, 0.5) is 0 Å². The Bertz CT molecular complexity index is 335. The first-order chi connectivity index (χ1) is 7.24. The number of pyridine rings is 1. The van der Waals surface area contributed by atoms with Gasteiger partial charge in [-0.3, -0.25) is 4.79 Å². The van der Waals surface area contributed by atoms with Crippen LogP contribution < -0.4 is 10.9 Å². The predicted octanol–water partition coefficient (Wildman–Crippen LogP) is 0.209. The van der Waals surface area contributed by atoms with Gasteiger partial charge in [0.25, 0.3) is 5.56 Å². The van der Waals surface area contributed by atoms with Gasteiger partial charge in [-0.15, -0.1) is 0 Å². The van der Waals surface area contributed by atoms with Crippen molar-refractivity contribution in [1.29, 1.82) is 0 Å². The van der Waals surface area contributed by atoms with E-state index in [9.17, 15) is 9.90 Å². The molecule has 84 valence electrons. The van der Waals surface area contributed by atoms with Crippen molar-refractivity contribution in [2.45, 2.75) is 26.0 Å².